The first-order valence-corrected chi connectivity index (χ1v) is 7.25. The van der Waals surface area contributed by atoms with Gasteiger partial charge in [0.25, 0.3) is 0 Å². The minimum atomic E-state index is 0.245. The molecule has 0 saturated heterocycles. The summed E-state index contributed by atoms with van der Waals surface area (Å²) in [5.74, 6) is 0.707. The van der Waals surface area contributed by atoms with Crippen molar-refractivity contribution in [3.8, 4) is 0 Å². The number of hydrogen-bond acceptors (Lipinski definition) is 1. The lowest BCUT2D eigenvalue weighted by atomic mass is 9.83. The van der Waals surface area contributed by atoms with Crippen molar-refractivity contribution in [2.24, 2.45) is 5.92 Å². The van der Waals surface area contributed by atoms with Crippen molar-refractivity contribution in [3.05, 3.63) is 35.0 Å². The lowest BCUT2D eigenvalue weighted by molar-refractivity contribution is -0.124. The van der Waals surface area contributed by atoms with E-state index < -0.39 is 0 Å². The van der Waals surface area contributed by atoms with Crippen LogP contribution in [0.15, 0.2) is 18.3 Å². The molecule has 1 atom stereocenters. The maximum atomic E-state index is 12.0. The SMILES string of the molecule is Cc1ccc2c(CC3CCCCC3=O)c[nH]c2c1C. The number of aromatic nitrogens is 1. The van der Waals surface area contributed by atoms with Crippen molar-refractivity contribution in [1.82, 2.24) is 4.98 Å². The molecule has 1 N–H and O–H groups in total. The van der Waals surface area contributed by atoms with Crippen molar-refractivity contribution in [1.29, 1.82) is 0 Å². The van der Waals surface area contributed by atoms with E-state index in [4.69, 9.17) is 0 Å². The number of carbonyl (C=O) groups excluding carboxylic acids is 1. The fraction of sp³-hybridized carbons (Fsp3) is 0.471. The molecule has 0 radical (unpaired) electrons. The van der Waals surface area contributed by atoms with Gasteiger partial charge in [0.1, 0.15) is 5.78 Å². The number of carbonyl (C=O) groups is 1. The van der Waals surface area contributed by atoms with E-state index in [-0.39, 0.29) is 5.92 Å². The highest BCUT2D eigenvalue weighted by atomic mass is 16.1. The Balaban J connectivity index is 1.93. The van der Waals surface area contributed by atoms with E-state index in [2.05, 4.69) is 37.2 Å². The van der Waals surface area contributed by atoms with E-state index in [1.165, 1.54) is 34.0 Å². The number of nitrogens with one attached hydrogen (secondary N) is 1. The van der Waals surface area contributed by atoms with Crippen molar-refractivity contribution < 1.29 is 4.79 Å². The third-order valence-electron chi connectivity index (χ3n) is 4.62. The Bertz CT molecular complexity index is 623. The summed E-state index contributed by atoms with van der Waals surface area (Å²) in [4.78, 5) is 15.4. The molecule has 0 aliphatic heterocycles. The summed E-state index contributed by atoms with van der Waals surface area (Å²) in [5, 5.41) is 1.29. The maximum Gasteiger partial charge on any atom is 0.136 e. The van der Waals surface area contributed by atoms with Gasteiger partial charge in [-0.2, -0.15) is 0 Å². The van der Waals surface area contributed by atoms with E-state index in [0.29, 0.717) is 5.78 Å². The molecule has 0 spiro atoms. The lowest BCUT2D eigenvalue weighted by Gasteiger charge is -2.20. The van der Waals surface area contributed by atoms with Crippen LogP contribution in [-0.2, 0) is 11.2 Å². The van der Waals surface area contributed by atoms with Crippen LogP contribution in [0.2, 0.25) is 0 Å². The van der Waals surface area contributed by atoms with Crippen molar-refractivity contribution >= 4 is 16.7 Å². The number of fused-ring (bicyclic) bond motifs is 1. The maximum absolute atomic E-state index is 12.0. The largest absolute Gasteiger partial charge is 0.361 e. The topological polar surface area (TPSA) is 32.9 Å². The van der Waals surface area contributed by atoms with E-state index >= 15 is 0 Å². The monoisotopic (exact) mass is 255 g/mol. The number of Topliss-reactive ketones (excluding diaryl/α,β-unsaturated/α-hetero) is 1. The van der Waals surface area contributed by atoms with Gasteiger partial charge in [-0.25, -0.2) is 0 Å². The molecule has 1 aliphatic rings. The molecule has 1 aromatic heterocycles. The van der Waals surface area contributed by atoms with Gasteiger partial charge in [0.15, 0.2) is 0 Å². The minimum Gasteiger partial charge on any atom is -0.361 e. The second-order valence-corrected chi connectivity index (χ2v) is 5.86. The Hall–Kier alpha value is -1.57. The molecule has 1 heterocycles. The number of benzene rings is 1. The summed E-state index contributed by atoms with van der Waals surface area (Å²) >= 11 is 0. The standard InChI is InChI=1S/C17H21NO/c1-11-7-8-15-14(10-18-17(15)12(11)2)9-13-5-3-4-6-16(13)19/h7-8,10,13,18H,3-6,9H2,1-2H3. The van der Waals surface area contributed by atoms with Crippen LogP contribution in [0, 0.1) is 19.8 Å². The summed E-state index contributed by atoms with van der Waals surface area (Å²) in [6.45, 7) is 4.30. The average molecular weight is 255 g/mol. The highest BCUT2D eigenvalue weighted by Crippen LogP contribution is 2.29. The molecule has 2 heteroatoms. The number of ketones is 1. The van der Waals surface area contributed by atoms with Gasteiger partial charge in [-0.1, -0.05) is 18.6 Å². The zero-order chi connectivity index (χ0) is 13.4. The van der Waals surface area contributed by atoms with E-state index in [1.54, 1.807) is 0 Å². The van der Waals surface area contributed by atoms with Gasteiger partial charge in [-0.15, -0.1) is 0 Å². The summed E-state index contributed by atoms with van der Waals surface area (Å²) in [6, 6.07) is 4.37. The average Bonchev–Trinajstić information content (AvgIpc) is 2.81. The van der Waals surface area contributed by atoms with Crippen molar-refractivity contribution in [3.63, 3.8) is 0 Å². The predicted molar refractivity (Wildman–Crippen MR) is 78.4 cm³/mol. The molecule has 1 fully saturated rings. The van der Waals surface area contributed by atoms with Crippen molar-refractivity contribution in [2.45, 2.75) is 46.0 Å². The molecule has 2 nitrogen and oxygen atoms in total. The third-order valence-corrected chi connectivity index (χ3v) is 4.62. The highest BCUT2D eigenvalue weighted by molar-refractivity contribution is 5.88. The zero-order valence-electron chi connectivity index (χ0n) is 11.8. The Kier molecular flexibility index (Phi) is 3.17. The fourth-order valence-electron chi connectivity index (χ4n) is 3.21. The molecular weight excluding hydrogens is 234 g/mol. The van der Waals surface area contributed by atoms with E-state index in [9.17, 15) is 4.79 Å². The normalized spacial score (nSPS) is 20.1. The molecule has 2 aromatic rings. The van der Waals surface area contributed by atoms with Gasteiger partial charge in [0, 0.05) is 29.4 Å². The summed E-state index contributed by atoms with van der Waals surface area (Å²) in [6.07, 6.45) is 7.14. The first kappa shape index (κ1) is 12.5. The minimum absolute atomic E-state index is 0.245. The summed E-state index contributed by atoms with van der Waals surface area (Å²) in [7, 11) is 0. The Labute approximate surface area is 114 Å². The van der Waals surface area contributed by atoms with Crippen LogP contribution in [0.3, 0.4) is 0 Å². The number of H-pyrrole nitrogens is 1. The van der Waals surface area contributed by atoms with Gasteiger partial charge in [0.2, 0.25) is 0 Å². The highest BCUT2D eigenvalue weighted by Gasteiger charge is 2.23. The zero-order valence-corrected chi connectivity index (χ0v) is 11.8. The van der Waals surface area contributed by atoms with Gasteiger partial charge in [-0.3, -0.25) is 4.79 Å². The second-order valence-electron chi connectivity index (χ2n) is 5.86. The summed E-state index contributed by atoms with van der Waals surface area (Å²) in [5.41, 5.74) is 5.17. The van der Waals surface area contributed by atoms with Crippen LogP contribution in [-0.4, -0.2) is 10.8 Å². The molecule has 0 amide bonds. The smallest absolute Gasteiger partial charge is 0.136 e. The van der Waals surface area contributed by atoms with Crippen LogP contribution in [0.25, 0.3) is 10.9 Å². The summed E-state index contributed by atoms with van der Waals surface area (Å²) < 4.78 is 0. The number of aromatic amines is 1. The van der Waals surface area contributed by atoms with Crippen molar-refractivity contribution in [2.75, 3.05) is 0 Å². The molecular formula is C17H21NO. The van der Waals surface area contributed by atoms with Crippen LogP contribution in [0.4, 0.5) is 0 Å². The van der Waals surface area contributed by atoms with Gasteiger partial charge in [-0.05, 0) is 49.8 Å². The molecule has 1 unspecified atom stereocenters. The number of hydrogen-bond donors (Lipinski definition) is 1. The van der Waals surface area contributed by atoms with Gasteiger partial charge >= 0.3 is 0 Å². The lowest BCUT2D eigenvalue weighted by Crippen LogP contribution is -2.20. The third kappa shape index (κ3) is 2.20. The molecule has 100 valence electrons. The predicted octanol–water partition coefficient (Wildman–Crippen LogP) is 4.09. The first-order valence-electron chi connectivity index (χ1n) is 7.25. The van der Waals surface area contributed by atoms with Crippen LogP contribution in [0.5, 0.6) is 0 Å². The second kappa shape index (κ2) is 4.84. The first-order chi connectivity index (χ1) is 9.16. The van der Waals surface area contributed by atoms with Gasteiger partial charge in [0.05, 0.1) is 0 Å². The van der Waals surface area contributed by atoms with Gasteiger partial charge < -0.3 is 4.98 Å². The molecule has 1 aromatic carbocycles. The van der Waals surface area contributed by atoms with Crippen LogP contribution in [0.1, 0.15) is 42.4 Å². The quantitative estimate of drug-likeness (QED) is 0.861. The molecule has 1 aliphatic carbocycles. The Morgan fingerprint density at radius 3 is 2.89 bits per heavy atom. The fourth-order valence-corrected chi connectivity index (χ4v) is 3.21. The Morgan fingerprint density at radius 1 is 1.26 bits per heavy atom. The number of rotatable bonds is 2. The molecule has 0 bridgehead atoms. The van der Waals surface area contributed by atoms with Crippen LogP contribution >= 0.6 is 0 Å². The van der Waals surface area contributed by atoms with Crippen LogP contribution < -0.4 is 0 Å². The number of aryl methyl sites for hydroxylation is 2. The molecule has 3 rings (SSSR count). The Morgan fingerprint density at radius 2 is 2.11 bits per heavy atom. The molecule has 19 heavy (non-hydrogen) atoms. The van der Waals surface area contributed by atoms with E-state index in [1.807, 2.05) is 0 Å². The molecule has 1 saturated carbocycles. The van der Waals surface area contributed by atoms with E-state index in [0.717, 1.165) is 25.7 Å².